The second-order valence-corrected chi connectivity index (χ2v) is 6.46. The van der Waals surface area contributed by atoms with E-state index in [0.29, 0.717) is 12.2 Å². The van der Waals surface area contributed by atoms with E-state index in [-0.39, 0.29) is 17.2 Å². The monoisotopic (exact) mass is 373 g/mol. The van der Waals surface area contributed by atoms with Crippen LogP contribution in [-0.4, -0.2) is 37.4 Å². The van der Waals surface area contributed by atoms with E-state index in [9.17, 15) is 9.59 Å². The first kappa shape index (κ1) is 17.5. The van der Waals surface area contributed by atoms with Crippen molar-refractivity contribution in [3.8, 4) is 11.4 Å². The molecule has 4 rings (SSSR count). The third-order valence-corrected chi connectivity index (χ3v) is 4.41. The Bertz CT molecular complexity index is 1140. The Hall–Kier alpha value is -3.87. The van der Waals surface area contributed by atoms with Gasteiger partial charge in [-0.25, -0.2) is 9.36 Å². The molecular weight excluding hydrogens is 354 g/mol. The molecule has 28 heavy (non-hydrogen) atoms. The van der Waals surface area contributed by atoms with Gasteiger partial charge < -0.3 is 4.90 Å². The van der Waals surface area contributed by atoms with E-state index in [1.807, 2.05) is 54.7 Å². The fourth-order valence-electron chi connectivity index (χ4n) is 3.04. The van der Waals surface area contributed by atoms with Crippen LogP contribution in [0.2, 0.25) is 0 Å². The SMILES string of the molecule is CN(Cc1cccc(-n2cccn2)c1)C(=O)c1cc(=O)n(-c2ccccc2)[nH]1. The Balaban J connectivity index is 1.53. The van der Waals surface area contributed by atoms with Crippen LogP contribution in [0.15, 0.2) is 83.9 Å². The number of hydrogen-bond donors (Lipinski definition) is 1. The molecule has 1 N–H and O–H groups in total. The average molecular weight is 373 g/mol. The predicted molar refractivity (Wildman–Crippen MR) is 106 cm³/mol. The van der Waals surface area contributed by atoms with Crippen molar-refractivity contribution in [1.29, 1.82) is 0 Å². The average Bonchev–Trinajstić information content (AvgIpc) is 3.38. The van der Waals surface area contributed by atoms with Gasteiger partial charge in [-0.3, -0.25) is 14.7 Å². The number of aromatic amines is 1. The zero-order valence-corrected chi connectivity index (χ0v) is 15.3. The van der Waals surface area contributed by atoms with E-state index >= 15 is 0 Å². The van der Waals surface area contributed by atoms with Crippen molar-refractivity contribution in [3.63, 3.8) is 0 Å². The molecule has 0 aliphatic heterocycles. The first-order valence-corrected chi connectivity index (χ1v) is 8.84. The summed E-state index contributed by atoms with van der Waals surface area (Å²) in [5.74, 6) is -0.253. The molecule has 1 amide bonds. The van der Waals surface area contributed by atoms with Gasteiger partial charge in [0.25, 0.3) is 11.5 Å². The topological polar surface area (TPSA) is 75.9 Å². The molecule has 0 fully saturated rings. The maximum atomic E-state index is 12.8. The van der Waals surface area contributed by atoms with Crippen molar-refractivity contribution in [2.75, 3.05) is 7.05 Å². The Labute approximate surface area is 161 Å². The fourth-order valence-corrected chi connectivity index (χ4v) is 3.04. The van der Waals surface area contributed by atoms with Gasteiger partial charge in [-0.1, -0.05) is 30.3 Å². The summed E-state index contributed by atoms with van der Waals surface area (Å²) in [6.07, 6.45) is 3.58. The lowest BCUT2D eigenvalue weighted by Gasteiger charge is -2.17. The molecule has 7 nitrogen and oxygen atoms in total. The zero-order valence-electron chi connectivity index (χ0n) is 15.3. The lowest BCUT2D eigenvalue weighted by molar-refractivity contribution is 0.0779. The van der Waals surface area contributed by atoms with Crippen LogP contribution >= 0.6 is 0 Å². The predicted octanol–water partition coefficient (Wildman–Crippen LogP) is 2.62. The van der Waals surface area contributed by atoms with Crippen molar-refractivity contribution >= 4 is 5.91 Å². The van der Waals surface area contributed by atoms with Gasteiger partial charge in [0, 0.05) is 32.1 Å². The number of aromatic nitrogens is 4. The Morgan fingerprint density at radius 1 is 1.04 bits per heavy atom. The quantitative estimate of drug-likeness (QED) is 0.584. The van der Waals surface area contributed by atoms with Crippen molar-refractivity contribution in [2.24, 2.45) is 0 Å². The summed E-state index contributed by atoms with van der Waals surface area (Å²) in [5, 5.41) is 7.12. The van der Waals surface area contributed by atoms with Gasteiger partial charge in [-0.05, 0) is 35.9 Å². The largest absolute Gasteiger partial charge is 0.336 e. The normalized spacial score (nSPS) is 10.8. The number of amides is 1. The maximum Gasteiger partial charge on any atom is 0.271 e. The fraction of sp³-hybridized carbons (Fsp3) is 0.0952. The van der Waals surface area contributed by atoms with Crippen LogP contribution in [0.3, 0.4) is 0 Å². The highest BCUT2D eigenvalue weighted by atomic mass is 16.2. The van der Waals surface area contributed by atoms with Crippen LogP contribution in [0.1, 0.15) is 16.1 Å². The van der Waals surface area contributed by atoms with Gasteiger partial charge in [-0.2, -0.15) is 5.10 Å². The lowest BCUT2D eigenvalue weighted by Crippen LogP contribution is -2.26. The van der Waals surface area contributed by atoms with Gasteiger partial charge in [0.05, 0.1) is 11.4 Å². The Kier molecular flexibility index (Phi) is 4.63. The number of para-hydroxylation sites is 1. The minimum atomic E-state index is -0.274. The van der Waals surface area contributed by atoms with Crippen LogP contribution in [0.5, 0.6) is 0 Å². The number of nitrogens with one attached hydrogen (secondary N) is 1. The van der Waals surface area contributed by atoms with Crippen LogP contribution < -0.4 is 5.56 Å². The van der Waals surface area contributed by atoms with Crippen molar-refractivity contribution in [1.82, 2.24) is 24.5 Å². The van der Waals surface area contributed by atoms with Crippen LogP contribution in [0.4, 0.5) is 0 Å². The van der Waals surface area contributed by atoms with Crippen LogP contribution in [-0.2, 0) is 6.54 Å². The van der Waals surface area contributed by atoms with E-state index in [1.165, 1.54) is 10.7 Å². The number of nitrogens with zero attached hydrogens (tertiary/aromatic N) is 4. The third kappa shape index (κ3) is 3.50. The highest BCUT2D eigenvalue weighted by molar-refractivity contribution is 5.92. The lowest BCUT2D eigenvalue weighted by atomic mass is 10.2. The van der Waals surface area contributed by atoms with Gasteiger partial charge in [0.1, 0.15) is 5.69 Å². The summed E-state index contributed by atoms with van der Waals surface area (Å²) in [6, 6.07) is 20.1. The molecule has 0 spiro atoms. The molecule has 0 atom stereocenters. The molecule has 2 aromatic heterocycles. The number of benzene rings is 2. The second-order valence-electron chi connectivity index (χ2n) is 6.46. The van der Waals surface area contributed by atoms with Gasteiger partial charge >= 0.3 is 0 Å². The molecule has 2 aromatic carbocycles. The summed E-state index contributed by atoms with van der Waals surface area (Å²) >= 11 is 0. The van der Waals surface area contributed by atoms with Gasteiger partial charge in [0.2, 0.25) is 0 Å². The Morgan fingerprint density at radius 3 is 2.57 bits per heavy atom. The Morgan fingerprint density at radius 2 is 1.82 bits per heavy atom. The smallest absolute Gasteiger partial charge is 0.271 e. The van der Waals surface area contributed by atoms with Crippen molar-refractivity contribution < 1.29 is 4.79 Å². The number of H-pyrrole nitrogens is 1. The molecule has 0 radical (unpaired) electrons. The third-order valence-electron chi connectivity index (χ3n) is 4.41. The van der Waals surface area contributed by atoms with Gasteiger partial charge in [-0.15, -0.1) is 0 Å². The molecule has 140 valence electrons. The second kappa shape index (κ2) is 7.40. The maximum absolute atomic E-state index is 12.8. The molecular formula is C21H19N5O2. The van der Waals surface area contributed by atoms with E-state index in [2.05, 4.69) is 10.2 Å². The molecule has 0 saturated heterocycles. The van der Waals surface area contributed by atoms with E-state index in [1.54, 1.807) is 35.0 Å². The number of hydrogen-bond acceptors (Lipinski definition) is 3. The highest BCUT2D eigenvalue weighted by Gasteiger charge is 2.16. The number of carbonyl (C=O) groups excluding carboxylic acids is 1. The molecule has 7 heteroatoms. The highest BCUT2D eigenvalue weighted by Crippen LogP contribution is 2.13. The number of carbonyl (C=O) groups is 1. The van der Waals surface area contributed by atoms with E-state index in [4.69, 9.17) is 0 Å². The molecule has 0 aliphatic rings. The molecule has 0 saturated carbocycles. The molecule has 0 unspecified atom stereocenters. The van der Waals surface area contributed by atoms with Crippen molar-refractivity contribution in [3.05, 3.63) is 101 Å². The molecule has 4 aromatic rings. The van der Waals surface area contributed by atoms with E-state index < -0.39 is 0 Å². The van der Waals surface area contributed by atoms with Crippen molar-refractivity contribution in [2.45, 2.75) is 6.54 Å². The standard InChI is InChI=1S/C21H19N5O2/c1-24(15-16-7-5-10-18(13-16)25-12-6-11-22-25)21(28)19-14-20(27)26(23-19)17-8-3-2-4-9-17/h2-14,23H,15H2,1H3. The summed E-state index contributed by atoms with van der Waals surface area (Å²) < 4.78 is 3.13. The summed E-state index contributed by atoms with van der Waals surface area (Å²) in [6.45, 7) is 0.409. The summed E-state index contributed by atoms with van der Waals surface area (Å²) in [5.41, 5.74) is 2.55. The molecule has 2 heterocycles. The summed E-state index contributed by atoms with van der Waals surface area (Å²) in [7, 11) is 1.71. The number of rotatable bonds is 5. The first-order valence-electron chi connectivity index (χ1n) is 8.84. The van der Waals surface area contributed by atoms with Gasteiger partial charge in [0.15, 0.2) is 0 Å². The minimum Gasteiger partial charge on any atom is -0.336 e. The van der Waals surface area contributed by atoms with E-state index in [0.717, 1.165) is 11.3 Å². The minimum absolute atomic E-state index is 0.250. The molecule has 0 aliphatic carbocycles. The zero-order chi connectivity index (χ0) is 19.5. The van der Waals surface area contributed by atoms with Crippen LogP contribution in [0, 0.1) is 0 Å². The first-order chi connectivity index (χ1) is 13.6. The molecule has 0 bridgehead atoms. The summed E-state index contributed by atoms with van der Waals surface area (Å²) in [4.78, 5) is 26.6. The van der Waals surface area contributed by atoms with Crippen LogP contribution in [0.25, 0.3) is 11.4 Å².